The molecule has 10 heteroatoms. The molecule has 41 heavy (non-hydrogen) atoms. The van der Waals surface area contributed by atoms with Crippen LogP contribution in [0.15, 0.2) is 71.6 Å². The van der Waals surface area contributed by atoms with Crippen LogP contribution in [0.1, 0.15) is 50.8 Å². The van der Waals surface area contributed by atoms with Crippen LogP contribution in [-0.2, 0) is 32.6 Å². The van der Waals surface area contributed by atoms with Gasteiger partial charge in [0.2, 0.25) is 11.8 Å². The molecule has 0 heterocycles. The number of benzene rings is 3. The zero-order valence-corrected chi connectivity index (χ0v) is 26.4. The molecule has 3 rings (SSSR count). The Labute approximate surface area is 253 Å². The van der Waals surface area contributed by atoms with E-state index in [0.717, 1.165) is 21.9 Å². The molecule has 2 atom stereocenters. The molecule has 7 nitrogen and oxygen atoms in total. The molecule has 0 spiro atoms. The maximum atomic E-state index is 14.1. The Hall–Kier alpha value is -3.07. The van der Waals surface area contributed by atoms with Crippen LogP contribution in [0.3, 0.4) is 0 Å². The standard InChI is InChI=1S/C31H37Cl2N3O4S/c1-6-22(4)34-31(38)23(5)35(19-24-14-17-27(32)28(33)18-24)30(37)20-36(29-11-9-8-10-25(29)7-2)41(39,40)26-15-12-21(3)13-16-26/h8-18,22-23H,6-7,19-20H2,1-5H3,(H,34,38)/t22-,23-/m1/s1. The largest absolute Gasteiger partial charge is 0.352 e. The number of amides is 2. The average molecular weight is 619 g/mol. The highest BCUT2D eigenvalue weighted by Gasteiger charge is 2.33. The molecular weight excluding hydrogens is 581 g/mol. The Bertz CT molecular complexity index is 1480. The van der Waals surface area contributed by atoms with Gasteiger partial charge in [0, 0.05) is 12.6 Å². The number of nitrogens with one attached hydrogen (secondary N) is 1. The van der Waals surface area contributed by atoms with Crippen LogP contribution < -0.4 is 9.62 Å². The first kappa shape index (κ1) is 32.4. The van der Waals surface area contributed by atoms with Crippen LogP contribution in [0.4, 0.5) is 5.69 Å². The number of rotatable bonds is 12. The summed E-state index contributed by atoms with van der Waals surface area (Å²) >= 11 is 12.3. The molecule has 0 fully saturated rings. The van der Waals surface area contributed by atoms with E-state index in [0.29, 0.717) is 27.7 Å². The highest BCUT2D eigenvalue weighted by atomic mass is 35.5. The van der Waals surface area contributed by atoms with Gasteiger partial charge in [-0.2, -0.15) is 0 Å². The van der Waals surface area contributed by atoms with E-state index < -0.39 is 28.5 Å². The summed E-state index contributed by atoms with van der Waals surface area (Å²) in [6.07, 6.45) is 1.28. The van der Waals surface area contributed by atoms with E-state index in [9.17, 15) is 18.0 Å². The van der Waals surface area contributed by atoms with Gasteiger partial charge >= 0.3 is 0 Å². The van der Waals surface area contributed by atoms with Crippen LogP contribution in [0.5, 0.6) is 0 Å². The highest BCUT2D eigenvalue weighted by Crippen LogP contribution is 2.29. The second-order valence-electron chi connectivity index (χ2n) is 10.1. The van der Waals surface area contributed by atoms with Gasteiger partial charge in [0.05, 0.1) is 20.6 Å². The number of hydrogen-bond donors (Lipinski definition) is 1. The summed E-state index contributed by atoms with van der Waals surface area (Å²) in [5.41, 5.74) is 2.75. The van der Waals surface area contributed by atoms with Gasteiger partial charge in [0.25, 0.3) is 10.0 Å². The van der Waals surface area contributed by atoms with Gasteiger partial charge in [-0.25, -0.2) is 8.42 Å². The zero-order valence-electron chi connectivity index (χ0n) is 24.0. The van der Waals surface area contributed by atoms with Crippen molar-refractivity contribution in [3.05, 3.63) is 93.5 Å². The van der Waals surface area contributed by atoms with Crippen LogP contribution in [0, 0.1) is 6.92 Å². The lowest BCUT2D eigenvalue weighted by atomic mass is 10.1. The highest BCUT2D eigenvalue weighted by molar-refractivity contribution is 7.92. The number of sulfonamides is 1. The van der Waals surface area contributed by atoms with Gasteiger partial charge in [-0.3, -0.25) is 13.9 Å². The summed E-state index contributed by atoms with van der Waals surface area (Å²) in [5, 5.41) is 3.60. The molecule has 220 valence electrons. The summed E-state index contributed by atoms with van der Waals surface area (Å²) < 4.78 is 29.2. The first-order chi connectivity index (χ1) is 19.4. The smallest absolute Gasteiger partial charge is 0.264 e. The van der Waals surface area contributed by atoms with E-state index in [-0.39, 0.29) is 23.4 Å². The van der Waals surface area contributed by atoms with Crippen LogP contribution >= 0.6 is 23.2 Å². The zero-order chi connectivity index (χ0) is 30.3. The molecule has 3 aromatic rings. The molecular formula is C31H37Cl2N3O4S. The van der Waals surface area contributed by atoms with Crippen molar-refractivity contribution < 1.29 is 18.0 Å². The number of carbonyl (C=O) groups excluding carboxylic acids is 2. The predicted molar refractivity (Wildman–Crippen MR) is 166 cm³/mol. The topological polar surface area (TPSA) is 86.8 Å². The summed E-state index contributed by atoms with van der Waals surface area (Å²) in [4.78, 5) is 28.7. The van der Waals surface area contributed by atoms with Gasteiger partial charge in [-0.1, -0.05) is 79.0 Å². The number of para-hydroxylation sites is 1. The first-order valence-electron chi connectivity index (χ1n) is 13.6. The third-order valence-corrected chi connectivity index (χ3v) is 9.55. The van der Waals surface area contributed by atoms with Gasteiger partial charge in [-0.15, -0.1) is 0 Å². The summed E-state index contributed by atoms with van der Waals surface area (Å²) in [6, 6.07) is 17.6. The maximum Gasteiger partial charge on any atom is 0.264 e. The normalized spacial score (nSPS) is 12.9. The fourth-order valence-corrected chi connectivity index (χ4v) is 6.06. The number of carbonyl (C=O) groups is 2. The molecule has 2 amide bonds. The van der Waals surface area contributed by atoms with Crippen LogP contribution in [-0.4, -0.2) is 43.8 Å². The van der Waals surface area contributed by atoms with Gasteiger partial charge in [0.1, 0.15) is 12.6 Å². The fourth-order valence-electron chi connectivity index (χ4n) is 4.29. The van der Waals surface area contributed by atoms with Gasteiger partial charge < -0.3 is 10.2 Å². The second-order valence-corrected chi connectivity index (χ2v) is 12.7. The molecule has 0 aliphatic heterocycles. The van der Waals surface area contributed by atoms with Crippen molar-refractivity contribution >= 4 is 50.7 Å². The van der Waals surface area contributed by atoms with Crippen molar-refractivity contribution in [1.82, 2.24) is 10.2 Å². The lowest BCUT2D eigenvalue weighted by Gasteiger charge is -2.33. The molecule has 0 saturated carbocycles. The molecule has 0 aromatic heterocycles. The molecule has 0 aliphatic carbocycles. The van der Waals surface area contributed by atoms with Gasteiger partial charge in [0.15, 0.2) is 0 Å². The second kappa shape index (κ2) is 14.2. The van der Waals surface area contributed by atoms with Crippen molar-refractivity contribution in [2.45, 2.75) is 71.0 Å². The molecule has 0 saturated heterocycles. The van der Waals surface area contributed by atoms with E-state index in [1.165, 1.54) is 17.0 Å². The number of nitrogens with zero attached hydrogens (tertiary/aromatic N) is 2. The molecule has 0 aliphatic rings. The Morgan fingerprint density at radius 1 is 0.927 bits per heavy atom. The van der Waals surface area contributed by atoms with E-state index in [2.05, 4.69) is 5.32 Å². The molecule has 0 radical (unpaired) electrons. The third kappa shape index (κ3) is 8.03. The molecule has 3 aromatic carbocycles. The van der Waals surface area contributed by atoms with Crippen molar-refractivity contribution in [1.29, 1.82) is 0 Å². The Balaban J connectivity index is 2.08. The lowest BCUT2D eigenvalue weighted by molar-refractivity contribution is -0.139. The van der Waals surface area contributed by atoms with Crippen molar-refractivity contribution in [3.63, 3.8) is 0 Å². The van der Waals surface area contributed by atoms with Crippen LogP contribution in [0.25, 0.3) is 0 Å². The molecule has 0 unspecified atom stereocenters. The number of aryl methyl sites for hydroxylation is 2. The molecule has 0 bridgehead atoms. The number of halogens is 2. The lowest BCUT2D eigenvalue weighted by Crippen LogP contribution is -2.52. The minimum atomic E-state index is -4.14. The van der Waals surface area contributed by atoms with Crippen molar-refractivity contribution in [2.24, 2.45) is 0 Å². The fraction of sp³-hybridized carbons (Fsp3) is 0.355. The van der Waals surface area contributed by atoms with E-state index >= 15 is 0 Å². The van der Waals surface area contributed by atoms with E-state index in [1.807, 2.05) is 39.8 Å². The monoisotopic (exact) mass is 617 g/mol. The number of hydrogen-bond acceptors (Lipinski definition) is 4. The van der Waals surface area contributed by atoms with E-state index in [4.69, 9.17) is 23.2 Å². The molecule has 1 N–H and O–H groups in total. The Morgan fingerprint density at radius 3 is 2.20 bits per heavy atom. The van der Waals surface area contributed by atoms with E-state index in [1.54, 1.807) is 49.4 Å². The Kier molecular flexibility index (Phi) is 11.2. The van der Waals surface area contributed by atoms with Crippen molar-refractivity contribution in [3.8, 4) is 0 Å². The summed E-state index contributed by atoms with van der Waals surface area (Å²) in [5.74, 6) is -0.876. The Morgan fingerprint density at radius 2 is 1.59 bits per heavy atom. The third-order valence-electron chi connectivity index (χ3n) is 7.03. The van der Waals surface area contributed by atoms with Crippen molar-refractivity contribution in [2.75, 3.05) is 10.8 Å². The number of anilines is 1. The minimum absolute atomic E-state index is 0.0264. The first-order valence-corrected chi connectivity index (χ1v) is 15.8. The SMILES string of the molecule is CCc1ccccc1N(CC(=O)N(Cc1ccc(Cl)c(Cl)c1)[C@H](C)C(=O)N[C@H](C)CC)S(=O)(=O)c1ccc(C)cc1. The van der Waals surface area contributed by atoms with Gasteiger partial charge in [-0.05, 0) is 75.1 Å². The minimum Gasteiger partial charge on any atom is -0.352 e. The maximum absolute atomic E-state index is 14.1. The average Bonchev–Trinajstić information content (AvgIpc) is 2.95. The summed E-state index contributed by atoms with van der Waals surface area (Å²) in [7, 11) is -4.14. The summed E-state index contributed by atoms with van der Waals surface area (Å²) in [6.45, 7) is 8.78. The predicted octanol–water partition coefficient (Wildman–Crippen LogP) is 6.39. The quantitative estimate of drug-likeness (QED) is 0.255. The van der Waals surface area contributed by atoms with Crippen LogP contribution in [0.2, 0.25) is 10.0 Å².